The van der Waals surface area contributed by atoms with E-state index in [2.05, 4.69) is 132 Å². The molecule has 1 fully saturated rings. The molecule has 13 aromatic rings. The summed E-state index contributed by atoms with van der Waals surface area (Å²) in [5.41, 5.74) is 11.4. The number of hydrogen-bond acceptors (Lipinski definition) is 18. The monoisotopic (exact) mass is 2060 g/mol. The fourth-order valence-electron chi connectivity index (χ4n) is 12.4. The Bertz CT molecular complexity index is 6120. The van der Waals surface area contributed by atoms with E-state index in [1.807, 2.05) is 39.5 Å². The number of aromatic amines is 1. The van der Waals surface area contributed by atoms with Crippen LogP contribution in [0.3, 0.4) is 0 Å². The van der Waals surface area contributed by atoms with Crippen molar-refractivity contribution in [1.29, 1.82) is 0 Å². The number of morpholine rings is 1. The summed E-state index contributed by atoms with van der Waals surface area (Å²) < 4.78 is 13.0. The summed E-state index contributed by atoms with van der Waals surface area (Å²) in [6.07, 6.45) is 6.05. The van der Waals surface area contributed by atoms with E-state index in [9.17, 15) is 38.4 Å². The number of fused-ring (bicyclic) bond motifs is 2. The van der Waals surface area contributed by atoms with Gasteiger partial charge in [-0.2, -0.15) is 0 Å². The zero-order valence-corrected chi connectivity index (χ0v) is 76.1. The first-order valence-corrected chi connectivity index (χ1v) is 41.3. The molecule has 0 bridgehead atoms. The molecule has 0 unspecified atom stereocenters. The van der Waals surface area contributed by atoms with Crippen LogP contribution >= 0.6 is 145 Å². The number of anilines is 3. The van der Waals surface area contributed by atoms with E-state index in [0.29, 0.717) is 153 Å². The Balaban J connectivity index is 0.000000149. The van der Waals surface area contributed by atoms with Crippen molar-refractivity contribution in [2.75, 3.05) is 55.8 Å². The molecule has 3 aliphatic heterocycles. The third kappa shape index (κ3) is 22.9. The van der Waals surface area contributed by atoms with Crippen LogP contribution in [0.15, 0.2) is 196 Å². The van der Waals surface area contributed by atoms with Gasteiger partial charge in [0, 0.05) is 150 Å². The molecule has 9 aromatic heterocycles. The molecule has 605 valence electrons. The van der Waals surface area contributed by atoms with Crippen LogP contribution in [0.25, 0.3) is 43.6 Å². The van der Waals surface area contributed by atoms with Gasteiger partial charge in [0.05, 0.1) is 68.2 Å². The minimum atomic E-state index is -0.475. The number of nitrogen functional groups attached to an aromatic ring is 1. The Hall–Kier alpha value is -8.28. The molecule has 12 heterocycles. The van der Waals surface area contributed by atoms with Crippen LogP contribution in [0.2, 0.25) is 35.5 Å². The number of nitrogens with two attached hydrogens (primary N) is 1. The molecule has 118 heavy (non-hydrogen) atoms. The smallest absolute Gasteiger partial charge is 0.257 e. The number of rotatable bonds is 15. The standard InChI is InChI=1S/C23H24ClN5O3.C18H13BrCl2N3O2.C18H14BrClN4O2.C16H10BrCl2N3O2.C5H4BrClN2.Y/c24-16-3-1-15(2-4-16)12-26-23(31)19-14-29-6-5-25-22-20(29)18(21(19)30)11-17(27-22)13-28-7-9-32-10-8-28;1-2-24-9-13(16(25)12-7-14(19)23-17(21)15(12)24)18(26)22-8-10-3-5-11(20)6-4-10;19-14-7-12-15-17(23-14)21-5-6-24(15)9-13(16(12)25)18(26)22-8-10-1-3-11(20)4-2-10;17-12-5-10-13(15(19)22-12)20-7-11(14(10)23)16(24)21-6-8-1-3-9(18)4-2-8;6-4-2-1-3(8)5(7)9-4;/h1-4,11,14H,5-10,12-13H2,(H,25,27)(H,26,31);3-7,9H,1-2,8H2,(H,22,26);1-4,7,9H,5-6,8H2,(H,21,23)(H,22,26);1-5,7H,6H2,(H,20,23)(H,21,24);1-2H,8H2;/q;-1;;;;. The second-order valence-corrected chi connectivity index (χ2v) is 32.1. The summed E-state index contributed by atoms with van der Waals surface area (Å²) in [5, 5.41) is 22.3. The number of benzene rings is 4. The zero-order chi connectivity index (χ0) is 83.3. The Morgan fingerprint density at radius 1 is 0.449 bits per heavy atom. The van der Waals surface area contributed by atoms with Gasteiger partial charge >= 0.3 is 0 Å². The largest absolute Gasteiger partial charge is 0.396 e. The van der Waals surface area contributed by atoms with Gasteiger partial charge in [-0.25, -0.2) is 24.9 Å². The fraction of sp³-hybridized carbons (Fsp3) is 0.175. The van der Waals surface area contributed by atoms with Gasteiger partial charge in [0.15, 0.2) is 27.1 Å². The third-order valence-corrected chi connectivity index (χ3v) is 21.7. The second-order valence-electron chi connectivity index (χ2n) is 26.1. The molecule has 1 radical (unpaired) electrons. The first-order valence-electron chi connectivity index (χ1n) is 35.5. The molecule has 3 aliphatic rings. The van der Waals surface area contributed by atoms with Crippen molar-refractivity contribution in [2.24, 2.45) is 0 Å². The summed E-state index contributed by atoms with van der Waals surface area (Å²) in [6.45, 7) is 11.7. The number of hydrogen-bond donors (Lipinski definition) is 8. The number of nitrogens with zero attached hydrogens (tertiary/aromatic N) is 9. The Kier molecular flexibility index (Phi) is 32.1. The van der Waals surface area contributed by atoms with Crippen molar-refractivity contribution in [3.8, 4) is 0 Å². The number of amides is 4. The summed E-state index contributed by atoms with van der Waals surface area (Å²) in [6, 6.07) is 38.6. The summed E-state index contributed by atoms with van der Waals surface area (Å²) >= 11 is 54.0. The maximum absolute atomic E-state index is 13.3. The van der Waals surface area contributed by atoms with E-state index >= 15 is 0 Å². The summed E-state index contributed by atoms with van der Waals surface area (Å²) in [4.78, 5) is 128. The number of carbonyl (C=O) groups is 4. The Morgan fingerprint density at radius 2 is 0.831 bits per heavy atom. The summed E-state index contributed by atoms with van der Waals surface area (Å²) in [5.74, 6) is -0.394. The molecule has 9 N–H and O–H groups in total. The van der Waals surface area contributed by atoms with E-state index in [1.54, 1.807) is 114 Å². The molecule has 0 spiro atoms. The Labute approximate surface area is 766 Å². The summed E-state index contributed by atoms with van der Waals surface area (Å²) in [7, 11) is 0. The molecular formula is C80H65Br4Cl7N17O9Y-. The quantitative estimate of drug-likeness (QED) is 0.0349. The van der Waals surface area contributed by atoms with Gasteiger partial charge in [-0.05, 0) is 171 Å². The van der Waals surface area contributed by atoms with Crippen molar-refractivity contribution in [3.63, 3.8) is 0 Å². The zero-order valence-electron chi connectivity index (χ0n) is 61.6. The van der Waals surface area contributed by atoms with Gasteiger partial charge in [-0.1, -0.05) is 130 Å². The number of ether oxygens (including phenoxy) is 1. The van der Waals surface area contributed by atoms with E-state index < -0.39 is 28.6 Å². The van der Waals surface area contributed by atoms with Crippen LogP contribution in [0.4, 0.5) is 17.3 Å². The maximum atomic E-state index is 13.3. The van der Waals surface area contributed by atoms with Crippen molar-refractivity contribution in [2.45, 2.75) is 52.4 Å². The van der Waals surface area contributed by atoms with Gasteiger partial charge in [-0.15, -0.1) is 6.54 Å². The van der Waals surface area contributed by atoms with E-state index in [4.69, 9.17) is 96.7 Å². The maximum Gasteiger partial charge on any atom is 0.257 e. The normalized spacial score (nSPS) is 12.5. The molecule has 4 amide bonds. The molecule has 16 rings (SSSR count). The van der Waals surface area contributed by atoms with Crippen LogP contribution in [0.5, 0.6) is 0 Å². The van der Waals surface area contributed by atoms with Crippen molar-refractivity contribution in [3.05, 3.63) is 310 Å². The molecular weight excluding hydrogens is 2000 g/mol. The molecule has 1 saturated heterocycles. The second kappa shape index (κ2) is 41.8. The topological polar surface area (TPSA) is 342 Å². The molecule has 0 aliphatic carbocycles. The number of carbonyl (C=O) groups excluding carboxylic acids is 4. The van der Waals surface area contributed by atoms with E-state index in [1.165, 1.54) is 18.5 Å². The number of pyridine rings is 9. The number of nitrogens with one attached hydrogen (secondary N) is 7. The first-order chi connectivity index (χ1) is 56.2. The molecule has 0 saturated carbocycles. The average molecular weight is 2070 g/mol. The number of H-pyrrole nitrogens is 1. The van der Waals surface area contributed by atoms with Crippen molar-refractivity contribution in [1.82, 2.24) is 69.8 Å². The predicted octanol–water partition coefficient (Wildman–Crippen LogP) is 15.6. The Morgan fingerprint density at radius 3 is 1.27 bits per heavy atom. The molecule has 4 aromatic carbocycles. The predicted molar refractivity (Wildman–Crippen MR) is 474 cm³/mol. The van der Waals surface area contributed by atoms with Crippen LogP contribution in [-0.2, 0) is 89.8 Å². The number of halogens is 11. The molecule has 0 atom stereocenters. The van der Waals surface area contributed by atoms with Gasteiger partial charge in [0.25, 0.3) is 23.6 Å². The van der Waals surface area contributed by atoms with Gasteiger partial charge in [-0.3, -0.25) is 43.3 Å². The van der Waals surface area contributed by atoms with Gasteiger partial charge in [0.1, 0.15) is 40.7 Å². The first kappa shape index (κ1) is 90.5. The SMILES string of the molecule is Nc1ccc(Br)nc1Cl.O=C(NCc1ccc(Cl)cc1)c1c[nH]c2c(Cl)nc(Br)cc2c1=O.O=C(NCc1ccc(Cl)cc1)c1cn2c3c(nc(Br)cc3c1=O)NCC2.O=C(NCc1ccc(Cl)cc1)c1cn2c3c(nc(CN4CCOCC4)cc3c1=O)NCC2.[CH2-]Cn1cc(C(=O)NCc2ccc(Cl)cc2)c(=O)c2cc(Br)nc(Cl)c21.[Y]. The minimum Gasteiger partial charge on any atom is -0.396 e. The van der Waals surface area contributed by atoms with Crippen LogP contribution in [0, 0.1) is 6.92 Å². The van der Waals surface area contributed by atoms with Crippen molar-refractivity contribution < 1.29 is 56.6 Å². The van der Waals surface area contributed by atoms with Gasteiger partial charge < -0.3 is 68.0 Å². The average Bonchev–Trinajstić information content (AvgIpc) is 0.760. The van der Waals surface area contributed by atoms with Crippen LogP contribution in [0.1, 0.15) is 69.4 Å². The van der Waals surface area contributed by atoms with Crippen LogP contribution in [-0.4, -0.2) is 112 Å². The van der Waals surface area contributed by atoms with E-state index in [-0.39, 0.29) is 102 Å². The van der Waals surface area contributed by atoms with Crippen molar-refractivity contribution >= 4 is 229 Å². The third-order valence-electron chi connectivity index (χ3n) is 18.2. The molecule has 38 heteroatoms. The number of aromatic nitrogens is 9. The van der Waals surface area contributed by atoms with Crippen LogP contribution < -0.4 is 59.3 Å². The minimum absolute atomic E-state index is 0. The fourth-order valence-corrected chi connectivity index (χ4v) is 15.4. The van der Waals surface area contributed by atoms with Gasteiger partial charge in [0.2, 0.25) is 21.7 Å². The van der Waals surface area contributed by atoms with E-state index in [0.717, 1.165) is 52.1 Å². The molecule has 26 nitrogen and oxygen atoms in total.